The van der Waals surface area contributed by atoms with Gasteiger partial charge in [-0.15, -0.1) is 0 Å². The first-order valence-electron chi connectivity index (χ1n) is 8.50. The van der Waals surface area contributed by atoms with Crippen LogP contribution in [0.2, 0.25) is 6.32 Å². The fourth-order valence-corrected chi connectivity index (χ4v) is 2.74. The van der Waals surface area contributed by atoms with Crippen LogP contribution < -0.4 is 21.5 Å². The molecule has 1 atom stereocenters. The summed E-state index contributed by atoms with van der Waals surface area (Å²) in [6.07, 6.45) is -0.116. The van der Waals surface area contributed by atoms with E-state index in [0.717, 1.165) is 0 Å². The number of aromatic carboxylic acids is 1. The molecule has 0 radical (unpaired) electrons. The number of hydrogen-bond donors (Lipinski definition) is 5. The number of benzene rings is 1. The number of carbonyl (C=O) groups excluding carboxylic acids is 2. The molecule has 1 aliphatic rings. The Morgan fingerprint density at radius 2 is 2.04 bits per heavy atom. The van der Waals surface area contributed by atoms with Crippen LogP contribution in [-0.4, -0.2) is 72.0 Å². The van der Waals surface area contributed by atoms with Gasteiger partial charge in [-0.05, 0) is 0 Å². The van der Waals surface area contributed by atoms with E-state index in [1.54, 1.807) is 0 Å². The van der Waals surface area contributed by atoms with Crippen molar-refractivity contribution in [2.24, 2.45) is 11.5 Å². The van der Waals surface area contributed by atoms with E-state index in [9.17, 15) is 29.3 Å². The summed E-state index contributed by atoms with van der Waals surface area (Å²) in [7, 11) is 0.675. The number of nitrogens with zero attached hydrogens (tertiary/aromatic N) is 1. The molecule has 150 valence electrons. The number of aromatic hydroxyl groups is 1. The number of carboxylic acids is 1. The maximum atomic E-state index is 12.1. The molecule has 1 aromatic rings. The van der Waals surface area contributed by atoms with Gasteiger partial charge in [0.25, 0.3) is 0 Å². The molecule has 1 heterocycles. The summed E-state index contributed by atoms with van der Waals surface area (Å²) in [6, 6.07) is 1.17. The van der Waals surface area contributed by atoms with Crippen molar-refractivity contribution < 1.29 is 34.0 Å². The Labute approximate surface area is 160 Å². The van der Waals surface area contributed by atoms with E-state index in [0.29, 0.717) is 12.7 Å². The molecule has 0 aliphatic carbocycles. The van der Waals surface area contributed by atoms with Gasteiger partial charge in [-0.2, -0.15) is 0 Å². The van der Waals surface area contributed by atoms with E-state index in [-0.39, 0.29) is 38.1 Å². The van der Waals surface area contributed by atoms with Gasteiger partial charge in [0.05, 0.1) is 0 Å². The molecule has 0 bridgehead atoms. The molecule has 2 rings (SSSR count). The molecule has 1 aromatic carbocycles. The van der Waals surface area contributed by atoms with E-state index >= 15 is 0 Å². The summed E-state index contributed by atoms with van der Waals surface area (Å²) in [5.74, 6) is -2.25. The summed E-state index contributed by atoms with van der Waals surface area (Å²) in [5, 5.41) is 21.8. The number of likely N-dealkylation sites (tertiary alicyclic amines) is 1. The summed E-state index contributed by atoms with van der Waals surface area (Å²) in [4.78, 5) is 35.7. The molecule has 1 fully saturated rings. The predicted molar refractivity (Wildman–Crippen MR) is 96.6 cm³/mol. The Morgan fingerprint density at radius 3 is 2.61 bits per heavy atom. The monoisotopic (exact) mass is 392 g/mol. The van der Waals surface area contributed by atoms with E-state index < -0.39 is 41.4 Å². The zero-order valence-corrected chi connectivity index (χ0v) is 15.0. The molecule has 0 aromatic heterocycles. The van der Waals surface area contributed by atoms with E-state index in [1.165, 1.54) is 17.0 Å². The molecular weight excluding hydrogens is 371 g/mol. The number of aryl methyl sites for hydroxylation is 1. The van der Waals surface area contributed by atoms with Gasteiger partial charge >= 0.3 is 132 Å². The standard InChI is InChI=1S/C16H21BN4O7/c18-10(5-20-16(19)26)14(23)21-6-9(7-21)28-11-2-1-8(3-4-17-27)13(22)12(11)15(24)25/h1-2,9-10,22H,3-7,18H2,(H,24,25)(H3,19,20,26). The van der Waals surface area contributed by atoms with Gasteiger partial charge in [0.2, 0.25) is 0 Å². The van der Waals surface area contributed by atoms with E-state index in [1.807, 2.05) is 0 Å². The predicted octanol–water partition coefficient (Wildman–Crippen LogP) is -1.31. The number of carbonyl (C=O) groups is 3. The number of ether oxygens (including phenoxy) is 1. The van der Waals surface area contributed by atoms with E-state index in [2.05, 4.69) is 5.32 Å². The quantitative estimate of drug-likeness (QED) is 0.320. The Morgan fingerprint density at radius 1 is 1.36 bits per heavy atom. The number of amides is 3. The van der Waals surface area contributed by atoms with Gasteiger partial charge in [0.1, 0.15) is 0 Å². The Kier molecular flexibility index (Phi) is 6.93. The number of hydrogen-bond acceptors (Lipinski definition) is 7. The number of nitrogens with two attached hydrogens (primary N) is 2. The number of phenols is 1. The normalized spacial score (nSPS) is 14.5. The van der Waals surface area contributed by atoms with Crippen molar-refractivity contribution in [3.05, 3.63) is 23.3 Å². The van der Waals surface area contributed by atoms with Crippen molar-refractivity contribution >= 4 is 25.1 Å². The second-order valence-electron chi connectivity index (χ2n) is 6.29. The van der Waals surface area contributed by atoms with Gasteiger partial charge in [-0.3, -0.25) is 0 Å². The Bertz CT molecular complexity index is 783. The summed E-state index contributed by atoms with van der Waals surface area (Å²) in [5.41, 5.74) is 10.5. The molecule has 0 saturated carbocycles. The Balaban J connectivity index is 1.99. The van der Waals surface area contributed by atoms with Crippen molar-refractivity contribution in [3.8, 4) is 11.5 Å². The molecule has 1 aliphatic heterocycles. The molecule has 7 N–H and O–H groups in total. The van der Waals surface area contributed by atoms with Gasteiger partial charge in [0.15, 0.2) is 0 Å². The van der Waals surface area contributed by atoms with Gasteiger partial charge in [-0.1, -0.05) is 0 Å². The second kappa shape index (κ2) is 9.17. The number of primary amides is 1. The van der Waals surface area contributed by atoms with Crippen molar-refractivity contribution in [1.82, 2.24) is 10.2 Å². The van der Waals surface area contributed by atoms with Crippen LogP contribution in [0.3, 0.4) is 0 Å². The SMILES string of the molecule is NC(=O)NCC(N)C(=O)N1CC(Oc2ccc(CCB=O)c(O)c2C(=O)O)C1. The number of rotatable bonds is 9. The number of carboxylic acid groups (broad SMARTS) is 1. The molecular formula is C16H21BN4O7. The summed E-state index contributed by atoms with van der Waals surface area (Å²) >= 11 is 0. The fraction of sp³-hybridized carbons (Fsp3) is 0.438. The van der Waals surface area contributed by atoms with Crippen LogP contribution in [0.4, 0.5) is 4.79 Å². The first-order chi connectivity index (χ1) is 13.2. The first-order valence-corrected chi connectivity index (χ1v) is 8.50. The zero-order chi connectivity index (χ0) is 20.8. The molecule has 3 amide bonds. The summed E-state index contributed by atoms with van der Waals surface area (Å²) < 4.78 is 16.1. The average molecular weight is 392 g/mol. The van der Waals surface area contributed by atoms with Crippen LogP contribution in [0.15, 0.2) is 12.1 Å². The van der Waals surface area contributed by atoms with Gasteiger partial charge in [0, 0.05) is 6.54 Å². The number of nitrogens with one attached hydrogen (secondary N) is 1. The average Bonchev–Trinajstić information content (AvgIpc) is 2.60. The van der Waals surface area contributed by atoms with Crippen LogP contribution >= 0.6 is 0 Å². The first kappa shape index (κ1) is 21.2. The van der Waals surface area contributed by atoms with Gasteiger partial charge < -0.3 is 16.8 Å². The van der Waals surface area contributed by atoms with Crippen LogP contribution in [0.1, 0.15) is 15.9 Å². The number of urea groups is 1. The molecule has 12 heteroatoms. The third kappa shape index (κ3) is 4.97. The molecule has 11 nitrogen and oxygen atoms in total. The van der Waals surface area contributed by atoms with Crippen molar-refractivity contribution in [1.29, 1.82) is 0 Å². The second-order valence-corrected chi connectivity index (χ2v) is 6.29. The zero-order valence-electron chi connectivity index (χ0n) is 15.0. The molecule has 1 saturated heterocycles. The van der Waals surface area contributed by atoms with Crippen molar-refractivity contribution in [3.63, 3.8) is 0 Å². The third-order valence-electron chi connectivity index (χ3n) is 4.24. The van der Waals surface area contributed by atoms with Crippen LogP contribution in [-0.2, 0) is 15.9 Å². The molecule has 1 unspecified atom stereocenters. The van der Waals surface area contributed by atoms with Crippen LogP contribution in [0.25, 0.3) is 0 Å². The Hall–Kier alpha value is -3.15. The van der Waals surface area contributed by atoms with Gasteiger partial charge in [-0.25, -0.2) is 4.79 Å². The minimum absolute atomic E-state index is 0.0309. The van der Waals surface area contributed by atoms with Crippen molar-refractivity contribution in [2.75, 3.05) is 19.6 Å². The van der Waals surface area contributed by atoms with Crippen molar-refractivity contribution in [2.45, 2.75) is 24.9 Å². The van der Waals surface area contributed by atoms with Crippen LogP contribution in [0, 0.1) is 0 Å². The fourth-order valence-electron chi connectivity index (χ4n) is 2.74. The van der Waals surface area contributed by atoms with E-state index in [4.69, 9.17) is 16.2 Å². The summed E-state index contributed by atoms with van der Waals surface area (Å²) in [6.45, 7) is 0.251. The topological polar surface area (TPSA) is 185 Å². The molecule has 0 spiro atoms. The third-order valence-corrected chi connectivity index (χ3v) is 4.24. The maximum absolute atomic E-state index is 12.1. The van der Waals surface area contributed by atoms with Crippen LogP contribution in [0.5, 0.6) is 11.5 Å². The molecule has 28 heavy (non-hydrogen) atoms. The minimum atomic E-state index is -1.37.